The summed E-state index contributed by atoms with van der Waals surface area (Å²) in [4.78, 5) is 24.2. The number of hydrogen-bond donors (Lipinski definition) is 3. The molecule has 1 heterocycles. The lowest BCUT2D eigenvalue weighted by Gasteiger charge is -2.19. The molecule has 0 aliphatic heterocycles. The molecule has 0 spiro atoms. The fourth-order valence-corrected chi connectivity index (χ4v) is 4.03. The molecular formula is C23H27N3O6S. The highest BCUT2D eigenvalue weighted by atomic mass is 32.2. The number of ether oxygens (including phenoxy) is 1. The van der Waals surface area contributed by atoms with E-state index in [2.05, 4.69) is 15.4 Å². The van der Waals surface area contributed by atoms with E-state index >= 15 is 0 Å². The molecule has 0 aliphatic rings. The first-order valence-electron chi connectivity index (χ1n) is 10.3. The third kappa shape index (κ3) is 6.80. The molecule has 0 saturated heterocycles. The van der Waals surface area contributed by atoms with Crippen LogP contribution in [0.15, 0.2) is 57.8 Å². The molecule has 0 aliphatic carbocycles. The Kier molecular flexibility index (Phi) is 7.09. The SMILES string of the molecule is Cc1ccc2oc(C(=O)Nc3cccc(S(=O)(=O)NCCNC(=O)OC(C)(C)C)c3)cc2c1. The lowest BCUT2D eigenvalue weighted by Crippen LogP contribution is -2.37. The van der Waals surface area contributed by atoms with Crippen molar-refractivity contribution >= 4 is 38.7 Å². The van der Waals surface area contributed by atoms with Gasteiger partial charge in [0.25, 0.3) is 5.91 Å². The standard InChI is InChI=1S/C23H27N3O6S/c1-15-8-9-19-16(12-15)13-20(31-19)21(27)26-17-6-5-7-18(14-17)33(29,30)25-11-10-24-22(28)32-23(2,3)4/h5-9,12-14,25H,10-11H2,1-4H3,(H,24,28)(H,26,27). The Bertz CT molecular complexity index is 1270. The number of sulfonamides is 1. The van der Waals surface area contributed by atoms with E-state index in [0.29, 0.717) is 11.3 Å². The lowest BCUT2D eigenvalue weighted by atomic mass is 10.2. The first-order chi connectivity index (χ1) is 15.4. The number of anilines is 1. The molecule has 0 bridgehead atoms. The summed E-state index contributed by atoms with van der Waals surface area (Å²) < 4.78 is 38.2. The third-order valence-electron chi connectivity index (χ3n) is 4.38. The number of furan rings is 1. The maximum atomic E-state index is 12.6. The van der Waals surface area contributed by atoms with Gasteiger partial charge in [0, 0.05) is 24.2 Å². The minimum Gasteiger partial charge on any atom is -0.451 e. The first kappa shape index (κ1) is 24.3. The summed E-state index contributed by atoms with van der Waals surface area (Å²) in [6, 6.07) is 13.1. The minimum absolute atomic E-state index is 0.0298. The summed E-state index contributed by atoms with van der Waals surface area (Å²) in [7, 11) is -3.86. The molecule has 3 N–H and O–H groups in total. The zero-order chi connectivity index (χ0) is 24.2. The highest BCUT2D eigenvalue weighted by molar-refractivity contribution is 7.89. The van der Waals surface area contributed by atoms with Crippen LogP contribution in [0.4, 0.5) is 10.5 Å². The Labute approximate surface area is 192 Å². The van der Waals surface area contributed by atoms with Gasteiger partial charge in [-0.2, -0.15) is 0 Å². The van der Waals surface area contributed by atoms with Crippen LogP contribution < -0.4 is 15.4 Å². The monoisotopic (exact) mass is 473 g/mol. The van der Waals surface area contributed by atoms with Gasteiger partial charge in [-0.05, 0) is 64.1 Å². The summed E-state index contributed by atoms with van der Waals surface area (Å²) in [5.74, 6) is -0.372. The van der Waals surface area contributed by atoms with Gasteiger partial charge < -0.3 is 19.8 Å². The van der Waals surface area contributed by atoms with Crippen LogP contribution in [-0.2, 0) is 14.8 Å². The molecule has 0 unspecified atom stereocenters. The van der Waals surface area contributed by atoms with Gasteiger partial charge >= 0.3 is 6.09 Å². The van der Waals surface area contributed by atoms with Gasteiger partial charge in [0.05, 0.1) is 4.90 Å². The second kappa shape index (κ2) is 9.63. The number of carbonyl (C=O) groups is 2. The Morgan fingerprint density at radius 1 is 1.03 bits per heavy atom. The predicted molar refractivity (Wildman–Crippen MR) is 125 cm³/mol. The van der Waals surface area contributed by atoms with E-state index in [1.54, 1.807) is 39.0 Å². The number of aryl methyl sites for hydroxylation is 1. The summed E-state index contributed by atoms with van der Waals surface area (Å²) in [5, 5.41) is 5.94. The Morgan fingerprint density at radius 2 is 1.79 bits per heavy atom. The fourth-order valence-electron chi connectivity index (χ4n) is 2.96. The van der Waals surface area contributed by atoms with Crippen molar-refractivity contribution in [3.8, 4) is 0 Å². The van der Waals surface area contributed by atoms with Crippen molar-refractivity contribution in [2.24, 2.45) is 0 Å². The Hall–Kier alpha value is -3.37. The van der Waals surface area contributed by atoms with Gasteiger partial charge in [-0.15, -0.1) is 0 Å². The van der Waals surface area contributed by atoms with Crippen LogP contribution in [0.5, 0.6) is 0 Å². The van der Waals surface area contributed by atoms with Crippen LogP contribution in [0.2, 0.25) is 0 Å². The molecule has 10 heteroatoms. The topological polar surface area (TPSA) is 127 Å². The van der Waals surface area contributed by atoms with E-state index in [9.17, 15) is 18.0 Å². The predicted octanol–water partition coefficient (Wildman–Crippen LogP) is 3.80. The second-order valence-corrected chi connectivity index (χ2v) is 10.2. The van der Waals surface area contributed by atoms with E-state index < -0.39 is 27.6 Å². The molecule has 3 aromatic rings. The normalized spacial score (nSPS) is 11.9. The summed E-state index contributed by atoms with van der Waals surface area (Å²) in [6.45, 7) is 7.16. The number of nitrogens with one attached hydrogen (secondary N) is 3. The molecular weight excluding hydrogens is 446 g/mol. The van der Waals surface area contributed by atoms with Gasteiger partial charge in [0.15, 0.2) is 5.76 Å². The molecule has 2 aromatic carbocycles. The third-order valence-corrected chi connectivity index (χ3v) is 5.84. The van der Waals surface area contributed by atoms with Crippen molar-refractivity contribution in [2.75, 3.05) is 18.4 Å². The van der Waals surface area contributed by atoms with Crippen molar-refractivity contribution < 1.29 is 27.2 Å². The van der Waals surface area contributed by atoms with Crippen LogP contribution in [-0.4, -0.2) is 39.1 Å². The Morgan fingerprint density at radius 3 is 2.52 bits per heavy atom. The van der Waals surface area contributed by atoms with Gasteiger partial charge in [-0.1, -0.05) is 17.7 Å². The molecule has 0 saturated carbocycles. The van der Waals surface area contributed by atoms with Gasteiger partial charge in [0.2, 0.25) is 10.0 Å². The van der Waals surface area contributed by atoms with E-state index in [1.807, 2.05) is 19.1 Å². The van der Waals surface area contributed by atoms with Crippen LogP contribution in [0.25, 0.3) is 11.0 Å². The largest absolute Gasteiger partial charge is 0.451 e. The number of amides is 2. The van der Waals surface area contributed by atoms with Crippen molar-refractivity contribution in [1.82, 2.24) is 10.0 Å². The zero-order valence-electron chi connectivity index (χ0n) is 18.9. The molecule has 176 valence electrons. The maximum absolute atomic E-state index is 12.6. The zero-order valence-corrected chi connectivity index (χ0v) is 19.7. The molecule has 9 nitrogen and oxygen atoms in total. The average molecular weight is 474 g/mol. The van der Waals surface area contributed by atoms with Crippen molar-refractivity contribution in [2.45, 2.75) is 38.2 Å². The van der Waals surface area contributed by atoms with Crippen molar-refractivity contribution in [3.05, 3.63) is 59.9 Å². The number of rotatable bonds is 7. The second-order valence-electron chi connectivity index (χ2n) is 8.46. The van der Waals surface area contributed by atoms with Gasteiger partial charge in [0.1, 0.15) is 11.2 Å². The van der Waals surface area contributed by atoms with Crippen molar-refractivity contribution in [1.29, 1.82) is 0 Å². The molecule has 1 aromatic heterocycles. The molecule has 0 radical (unpaired) electrons. The van der Waals surface area contributed by atoms with Crippen LogP contribution in [0.3, 0.4) is 0 Å². The van der Waals surface area contributed by atoms with Crippen LogP contribution >= 0.6 is 0 Å². The molecule has 0 fully saturated rings. The first-order valence-corrected chi connectivity index (χ1v) is 11.8. The van der Waals surface area contributed by atoms with Crippen molar-refractivity contribution in [3.63, 3.8) is 0 Å². The minimum atomic E-state index is -3.86. The van der Waals surface area contributed by atoms with E-state index in [1.165, 1.54) is 18.2 Å². The molecule has 2 amide bonds. The summed E-state index contributed by atoms with van der Waals surface area (Å²) >= 11 is 0. The van der Waals surface area contributed by atoms with Gasteiger partial charge in [-0.3, -0.25) is 4.79 Å². The van der Waals surface area contributed by atoms with Crippen LogP contribution in [0, 0.1) is 6.92 Å². The molecule has 33 heavy (non-hydrogen) atoms. The number of carbonyl (C=O) groups excluding carboxylic acids is 2. The quantitative estimate of drug-likeness (QED) is 0.448. The summed E-state index contributed by atoms with van der Waals surface area (Å²) in [6.07, 6.45) is -0.632. The van der Waals surface area contributed by atoms with Crippen LogP contribution in [0.1, 0.15) is 36.9 Å². The number of fused-ring (bicyclic) bond motifs is 1. The van der Waals surface area contributed by atoms with E-state index in [-0.39, 0.29) is 23.7 Å². The number of alkyl carbamates (subject to hydrolysis) is 1. The smallest absolute Gasteiger partial charge is 0.407 e. The maximum Gasteiger partial charge on any atom is 0.407 e. The Balaban J connectivity index is 1.60. The summed E-state index contributed by atoms with van der Waals surface area (Å²) in [5.41, 5.74) is 1.29. The fraction of sp³-hybridized carbons (Fsp3) is 0.304. The van der Waals surface area contributed by atoms with E-state index in [4.69, 9.17) is 9.15 Å². The van der Waals surface area contributed by atoms with E-state index in [0.717, 1.165) is 10.9 Å². The lowest BCUT2D eigenvalue weighted by molar-refractivity contribution is 0.0528. The average Bonchev–Trinajstić information content (AvgIpc) is 3.13. The number of benzene rings is 2. The number of hydrogen-bond acceptors (Lipinski definition) is 6. The molecule has 0 atom stereocenters. The molecule has 3 rings (SSSR count). The highest BCUT2D eigenvalue weighted by Crippen LogP contribution is 2.22. The highest BCUT2D eigenvalue weighted by Gasteiger charge is 2.18. The van der Waals surface area contributed by atoms with Gasteiger partial charge in [-0.25, -0.2) is 17.9 Å².